The Bertz CT molecular complexity index is 860. The summed E-state index contributed by atoms with van der Waals surface area (Å²) in [6.07, 6.45) is 0. The average molecular weight is 370 g/mol. The minimum Gasteiger partial charge on any atom is -0.496 e. The number of methoxy groups -OCH3 is 1. The Hall–Kier alpha value is -2.94. The first kappa shape index (κ1) is 20.4. The van der Waals surface area contributed by atoms with Gasteiger partial charge in [-0.1, -0.05) is 19.9 Å². The van der Waals surface area contributed by atoms with Crippen LogP contribution >= 0.6 is 0 Å². The smallest absolute Gasteiger partial charge is 0.338 e. The fourth-order valence-corrected chi connectivity index (χ4v) is 3.32. The third kappa shape index (κ3) is 3.77. The number of carbonyl (C=O) groups is 1. The number of esters is 1. The highest BCUT2D eigenvalue weighted by molar-refractivity contribution is 5.92. The van der Waals surface area contributed by atoms with Gasteiger partial charge in [-0.15, -0.1) is 0 Å². The van der Waals surface area contributed by atoms with Crippen LogP contribution < -0.4 is 10.5 Å². The molecule has 6 nitrogen and oxygen atoms in total. The highest BCUT2D eigenvalue weighted by Crippen LogP contribution is 2.43. The number of benzene rings is 1. The Labute approximate surface area is 160 Å². The summed E-state index contributed by atoms with van der Waals surface area (Å²) >= 11 is 0. The topological polar surface area (TPSA) is 94.6 Å². The molecule has 2 rings (SSSR count). The first-order valence-corrected chi connectivity index (χ1v) is 8.90. The van der Waals surface area contributed by atoms with E-state index in [1.54, 1.807) is 21.0 Å². The summed E-state index contributed by atoms with van der Waals surface area (Å²) in [4.78, 5) is 12.7. The van der Waals surface area contributed by atoms with Crippen LogP contribution in [0, 0.1) is 18.3 Å². The number of carbonyl (C=O) groups excluding carboxylic acids is 1. The fourth-order valence-electron chi connectivity index (χ4n) is 3.32. The number of aryl methyl sites for hydroxylation is 1. The van der Waals surface area contributed by atoms with Crippen molar-refractivity contribution in [2.24, 2.45) is 5.73 Å². The maximum Gasteiger partial charge on any atom is 0.338 e. The van der Waals surface area contributed by atoms with E-state index >= 15 is 0 Å². The average Bonchev–Trinajstić information content (AvgIpc) is 2.60. The van der Waals surface area contributed by atoms with Crippen molar-refractivity contribution in [2.45, 2.75) is 46.5 Å². The van der Waals surface area contributed by atoms with E-state index in [1.165, 1.54) is 0 Å². The molecule has 27 heavy (non-hydrogen) atoms. The van der Waals surface area contributed by atoms with Crippen molar-refractivity contribution in [1.29, 1.82) is 5.26 Å². The van der Waals surface area contributed by atoms with Crippen molar-refractivity contribution in [3.63, 3.8) is 0 Å². The second-order valence-corrected chi connectivity index (χ2v) is 6.72. The molecule has 1 aliphatic rings. The zero-order valence-electron chi connectivity index (χ0n) is 16.7. The van der Waals surface area contributed by atoms with Crippen LogP contribution in [0.5, 0.6) is 5.75 Å². The summed E-state index contributed by atoms with van der Waals surface area (Å²) in [5, 5.41) is 9.71. The maximum absolute atomic E-state index is 12.7. The number of hydrogen-bond acceptors (Lipinski definition) is 6. The zero-order chi connectivity index (χ0) is 20.3. The second-order valence-electron chi connectivity index (χ2n) is 6.72. The fraction of sp³-hybridized carbons (Fsp3) is 0.429. The lowest BCUT2D eigenvalue weighted by molar-refractivity contribution is -0.139. The number of allylic oxidation sites excluding steroid dienone is 2. The SMILES string of the molecule is CCOC(=O)C1=C(C)OC(N)=C(C#N)C1c1cc(C(C)C)c(OC)cc1C. The Morgan fingerprint density at radius 3 is 2.56 bits per heavy atom. The molecule has 1 aromatic carbocycles. The van der Waals surface area contributed by atoms with E-state index in [1.807, 2.05) is 19.1 Å². The van der Waals surface area contributed by atoms with Crippen LogP contribution in [0.1, 0.15) is 56.2 Å². The van der Waals surface area contributed by atoms with Gasteiger partial charge in [0.2, 0.25) is 5.88 Å². The van der Waals surface area contributed by atoms with Crippen LogP contribution in [-0.4, -0.2) is 19.7 Å². The van der Waals surface area contributed by atoms with E-state index in [9.17, 15) is 10.1 Å². The molecular weight excluding hydrogens is 344 g/mol. The lowest BCUT2D eigenvalue weighted by atomic mass is 9.79. The van der Waals surface area contributed by atoms with Crippen molar-refractivity contribution >= 4 is 5.97 Å². The first-order valence-electron chi connectivity index (χ1n) is 8.90. The molecule has 1 atom stereocenters. The van der Waals surface area contributed by atoms with Crippen molar-refractivity contribution in [1.82, 2.24) is 0 Å². The summed E-state index contributed by atoms with van der Waals surface area (Å²) in [6, 6.07) is 6.01. The monoisotopic (exact) mass is 370 g/mol. The molecule has 144 valence electrons. The van der Waals surface area contributed by atoms with Crippen LogP contribution in [0.15, 0.2) is 34.9 Å². The number of ether oxygens (including phenoxy) is 3. The minimum atomic E-state index is -0.647. The summed E-state index contributed by atoms with van der Waals surface area (Å²) in [5.41, 5.74) is 9.15. The molecule has 0 aliphatic carbocycles. The molecule has 0 aromatic heterocycles. The number of hydrogen-bond donors (Lipinski definition) is 1. The van der Waals surface area contributed by atoms with Gasteiger partial charge in [0.25, 0.3) is 0 Å². The summed E-state index contributed by atoms with van der Waals surface area (Å²) in [7, 11) is 1.63. The molecule has 0 spiro atoms. The number of nitrogens with zero attached hydrogens (tertiary/aromatic N) is 1. The molecule has 2 N–H and O–H groups in total. The van der Waals surface area contributed by atoms with Gasteiger partial charge in [-0.25, -0.2) is 4.79 Å². The molecular formula is C21H26N2O4. The Morgan fingerprint density at radius 1 is 1.37 bits per heavy atom. The molecule has 6 heteroatoms. The number of nitrogens with two attached hydrogens (primary N) is 1. The molecule has 1 aromatic rings. The highest BCUT2D eigenvalue weighted by Gasteiger charge is 2.37. The minimum absolute atomic E-state index is 0.00867. The molecule has 1 heterocycles. The van der Waals surface area contributed by atoms with Gasteiger partial charge in [0.1, 0.15) is 23.2 Å². The van der Waals surface area contributed by atoms with Gasteiger partial charge in [0.05, 0.1) is 25.2 Å². The van der Waals surface area contributed by atoms with Crippen molar-refractivity contribution in [3.8, 4) is 11.8 Å². The van der Waals surface area contributed by atoms with E-state index < -0.39 is 11.9 Å². The second kappa shape index (κ2) is 8.17. The lowest BCUT2D eigenvalue weighted by Crippen LogP contribution is -2.26. The summed E-state index contributed by atoms with van der Waals surface area (Å²) in [5.74, 6) is 0.160. The predicted molar refractivity (Wildman–Crippen MR) is 102 cm³/mol. The molecule has 1 aliphatic heterocycles. The molecule has 0 fully saturated rings. The van der Waals surface area contributed by atoms with E-state index in [4.69, 9.17) is 19.9 Å². The van der Waals surface area contributed by atoms with Crippen LogP contribution in [0.25, 0.3) is 0 Å². The summed E-state index contributed by atoms with van der Waals surface area (Å²) < 4.78 is 16.2. The van der Waals surface area contributed by atoms with Gasteiger partial charge in [0.15, 0.2) is 0 Å². The van der Waals surface area contributed by atoms with Crippen LogP contribution in [0.4, 0.5) is 0 Å². The van der Waals surface area contributed by atoms with Crippen molar-refractivity contribution in [3.05, 3.63) is 51.6 Å². The third-order valence-electron chi connectivity index (χ3n) is 4.65. The summed E-state index contributed by atoms with van der Waals surface area (Å²) in [6.45, 7) is 9.65. The predicted octanol–water partition coefficient (Wildman–Crippen LogP) is 3.77. The van der Waals surface area contributed by atoms with Gasteiger partial charge in [-0.3, -0.25) is 0 Å². The Balaban J connectivity index is 2.77. The van der Waals surface area contributed by atoms with Gasteiger partial charge >= 0.3 is 5.97 Å². The molecule has 0 radical (unpaired) electrons. The molecule has 0 amide bonds. The largest absolute Gasteiger partial charge is 0.496 e. The molecule has 0 saturated heterocycles. The zero-order valence-corrected chi connectivity index (χ0v) is 16.7. The van der Waals surface area contributed by atoms with Gasteiger partial charge < -0.3 is 19.9 Å². The Morgan fingerprint density at radius 2 is 2.04 bits per heavy atom. The van der Waals surface area contributed by atoms with E-state index in [0.717, 1.165) is 22.4 Å². The maximum atomic E-state index is 12.7. The quantitative estimate of drug-likeness (QED) is 0.793. The molecule has 0 saturated carbocycles. The Kier molecular flexibility index (Phi) is 6.17. The van der Waals surface area contributed by atoms with E-state index in [0.29, 0.717) is 11.3 Å². The lowest BCUT2D eigenvalue weighted by Gasteiger charge is -2.29. The van der Waals surface area contributed by atoms with Gasteiger partial charge in [-0.05, 0) is 49.4 Å². The van der Waals surface area contributed by atoms with Crippen LogP contribution in [0.2, 0.25) is 0 Å². The standard InChI is InChI=1S/C21H26N2O4/c1-7-26-21(24)18-13(5)27-20(23)16(10-22)19(18)15-9-14(11(2)3)17(25-6)8-12(15)4/h8-9,11,19H,7,23H2,1-6H3. The van der Waals surface area contributed by atoms with Crippen LogP contribution in [-0.2, 0) is 14.3 Å². The highest BCUT2D eigenvalue weighted by atomic mass is 16.5. The van der Waals surface area contributed by atoms with Crippen LogP contribution in [0.3, 0.4) is 0 Å². The number of nitriles is 1. The molecule has 0 bridgehead atoms. The number of rotatable bonds is 5. The molecule has 1 unspecified atom stereocenters. The normalized spacial score (nSPS) is 16.9. The first-order chi connectivity index (χ1) is 12.8. The van der Waals surface area contributed by atoms with E-state index in [-0.39, 0.29) is 24.0 Å². The van der Waals surface area contributed by atoms with Gasteiger partial charge in [-0.2, -0.15) is 5.26 Å². The van der Waals surface area contributed by atoms with Gasteiger partial charge in [0, 0.05) is 0 Å². The van der Waals surface area contributed by atoms with Crippen molar-refractivity contribution < 1.29 is 19.0 Å². The van der Waals surface area contributed by atoms with Crippen molar-refractivity contribution in [2.75, 3.05) is 13.7 Å². The van der Waals surface area contributed by atoms with E-state index in [2.05, 4.69) is 19.9 Å². The third-order valence-corrected chi connectivity index (χ3v) is 4.65.